The van der Waals surface area contributed by atoms with Crippen LogP contribution in [0.5, 0.6) is 0 Å². The van der Waals surface area contributed by atoms with Gasteiger partial charge in [-0.3, -0.25) is 0 Å². The van der Waals surface area contributed by atoms with E-state index in [9.17, 15) is 10.4 Å². The molecule has 0 spiro atoms. The molecule has 2 aliphatic carbocycles. The summed E-state index contributed by atoms with van der Waals surface area (Å²) >= 11 is 0. The third-order valence-electron chi connectivity index (χ3n) is 6.60. The van der Waals surface area contributed by atoms with Gasteiger partial charge in [0.1, 0.15) is 0 Å². The minimum absolute atomic E-state index is 0.315. The fourth-order valence-electron chi connectivity index (χ4n) is 4.47. The van der Waals surface area contributed by atoms with Crippen molar-refractivity contribution < 1.29 is 5.11 Å². The molecule has 2 aliphatic rings. The summed E-state index contributed by atoms with van der Waals surface area (Å²) in [6.07, 6.45) is 7.60. The second-order valence-electron chi connectivity index (χ2n) is 9.53. The lowest BCUT2D eigenvalue weighted by Crippen LogP contribution is -2.53. The van der Waals surface area contributed by atoms with Crippen molar-refractivity contribution >= 4 is 0 Å². The number of aliphatic hydroxyl groups is 1. The molecule has 0 aromatic heterocycles. The maximum absolute atomic E-state index is 11.3. The van der Waals surface area contributed by atoms with Crippen molar-refractivity contribution in [2.45, 2.75) is 91.6 Å². The smallest absolute Gasteiger partial charge is 0.0860 e. The summed E-state index contributed by atoms with van der Waals surface area (Å²) in [5.41, 5.74) is -0.597. The maximum Gasteiger partial charge on any atom is 0.0860 e. The first-order valence-corrected chi connectivity index (χ1v) is 8.67. The average Bonchev–Trinajstić information content (AvgIpc) is 2.38. The molecule has 0 bridgehead atoms. The Morgan fingerprint density at radius 3 is 1.81 bits per heavy atom. The molecule has 0 aromatic carbocycles. The highest BCUT2D eigenvalue weighted by molar-refractivity contribution is 5.15. The normalized spacial score (nSPS) is 36.0. The minimum Gasteiger partial charge on any atom is -0.388 e. The monoisotopic (exact) mass is 291 g/mol. The van der Waals surface area contributed by atoms with Crippen molar-refractivity contribution in [3.05, 3.63) is 0 Å². The van der Waals surface area contributed by atoms with Crippen molar-refractivity contribution in [1.29, 1.82) is 5.26 Å². The van der Waals surface area contributed by atoms with Gasteiger partial charge in [-0.2, -0.15) is 5.26 Å². The molecule has 2 saturated carbocycles. The quantitative estimate of drug-likeness (QED) is 0.733. The minimum atomic E-state index is -0.750. The van der Waals surface area contributed by atoms with Crippen LogP contribution in [0, 0.1) is 33.5 Å². The Balaban J connectivity index is 2.12. The fourth-order valence-corrected chi connectivity index (χ4v) is 4.47. The first-order valence-electron chi connectivity index (χ1n) is 8.67. The van der Waals surface area contributed by atoms with Crippen molar-refractivity contribution in [3.63, 3.8) is 0 Å². The van der Waals surface area contributed by atoms with E-state index >= 15 is 0 Å². The third-order valence-corrected chi connectivity index (χ3v) is 6.60. The van der Waals surface area contributed by atoms with Gasteiger partial charge in [-0.15, -0.1) is 0 Å². The molecule has 120 valence electrons. The molecule has 2 rings (SSSR count). The van der Waals surface area contributed by atoms with Crippen LogP contribution in [0.2, 0.25) is 0 Å². The van der Waals surface area contributed by atoms with Crippen LogP contribution in [0.3, 0.4) is 0 Å². The second kappa shape index (κ2) is 5.27. The second-order valence-corrected chi connectivity index (χ2v) is 9.53. The van der Waals surface area contributed by atoms with E-state index in [1.165, 1.54) is 0 Å². The van der Waals surface area contributed by atoms with Crippen LogP contribution in [-0.4, -0.2) is 10.7 Å². The molecule has 0 aromatic rings. The van der Waals surface area contributed by atoms with Gasteiger partial charge in [0.25, 0.3) is 0 Å². The van der Waals surface area contributed by atoms with Gasteiger partial charge in [0.05, 0.1) is 17.1 Å². The molecule has 0 heterocycles. The Morgan fingerprint density at radius 1 is 0.952 bits per heavy atom. The number of nitrogens with zero attached hydrogens (tertiary/aromatic N) is 1. The zero-order valence-corrected chi connectivity index (χ0v) is 14.6. The first kappa shape index (κ1) is 16.8. The topological polar surface area (TPSA) is 44.0 Å². The van der Waals surface area contributed by atoms with E-state index in [0.29, 0.717) is 16.7 Å². The van der Waals surface area contributed by atoms with Gasteiger partial charge in [0.15, 0.2) is 0 Å². The largest absolute Gasteiger partial charge is 0.388 e. The summed E-state index contributed by atoms with van der Waals surface area (Å²) in [5.74, 6) is 0.675. The Kier molecular flexibility index (Phi) is 4.22. The molecule has 0 atom stereocenters. The zero-order valence-electron chi connectivity index (χ0n) is 14.6. The summed E-state index contributed by atoms with van der Waals surface area (Å²) in [6, 6.07) is 2.57. The van der Waals surface area contributed by atoms with Crippen molar-refractivity contribution in [2.24, 2.45) is 22.2 Å². The highest BCUT2D eigenvalue weighted by Crippen LogP contribution is 2.56. The summed E-state index contributed by atoms with van der Waals surface area (Å²) in [5, 5.41) is 21.1. The highest BCUT2D eigenvalue weighted by Gasteiger charge is 2.54. The first-order chi connectivity index (χ1) is 9.54. The van der Waals surface area contributed by atoms with E-state index in [1.807, 2.05) is 0 Å². The third kappa shape index (κ3) is 3.14. The summed E-state index contributed by atoms with van der Waals surface area (Å²) in [7, 11) is 0. The molecule has 2 heteroatoms. The van der Waals surface area contributed by atoms with Crippen LogP contribution in [0.15, 0.2) is 0 Å². The number of rotatable bonds is 1. The Bertz CT molecular complexity index is 406. The fraction of sp³-hybridized carbons (Fsp3) is 0.947. The average molecular weight is 291 g/mol. The van der Waals surface area contributed by atoms with Gasteiger partial charge < -0.3 is 5.11 Å². The van der Waals surface area contributed by atoms with E-state index < -0.39 is 11.0 Å². The van der Waals surface area contributed by atoms with Crippen LogP contribution in [0.1, 0.15) is 86.0 Å². The van der Waals surface area contributed by atoms with Crippen molar-refractivity contribution in [2.75, 3.05) is 0 Å². The van der Waals surface area contributed by atoms with Crippen LogP contribution in [0.25, 0.3) is 0 Å². The molecule has 2 fully saturated rings. The van der Waals surface area contributed by atoms with Gasteiger partial charge in [-0.25, -0.2) is 0 Å². The number of hydrogen-bond donors (Lipinski definition) is 1. The van der Waals surface area contributed by atoms with Crippen LogP contribution in [-0.2, 0) is 0 Å². The highest BCUT2D eigenvalue weighted by atomic mass is 16.3. The predicted molar refractivity (Wildman–Crippen MR) is 86.7 cm³/mol. The van der Waals surface area contributed by atoms with Crippen LogP contribution >= 0.6 is 0 Å². The predicted octanol–water partition coefficient (Wildman–Crippen LogP) is 5.06. The molecule has 0 radical (unpaired) electrons. The van der Waals surface area contributed by atoms with E-state index in [2.05, 4.69) is 40.7 Å². The zero-order chi connectivity index (χ0) is 15.9. The molecule has 21 heavy (non-hydrogen) atoms. The summed E-state index contributed by atoms with van der Waals surface area (Å²) in [6.45, 7) is 11.5. The standard InChI is InChI=1S/C19H33NO/c1-16(2,3)15-6-8-19(21,9-7-15)18(14-20)12-10-17(4,5)11-13-18/h15,21H,6-13H2,1-5H3. The van der Waals surface area contributed by atoms with E-state index in [-0.39, 0.29) is 0 Å². The van der Waals surface area contributed by atoms with E-state index in [0.717, 1.165) is 51.4 Å². The lowest BCUT2D eigenvalue weighted by atomic mass is 9.54. The van der Waals surface area contributed by atoms with Crippen LogP contribution < -0.4 is 0 Å². The van der Waals surface area contributed by atoms with Gasteiger partial charge in [0, 0.05) is 0 Å². The number of nitriles is 1. The van der Waals surface area contributed by atoms with E-state index in [4.69, 9.17) is 0 Å². The molecular weight excluding hydrogens is 258 g/mol. The van der Waals surface area contributed by atoms with Gasteiger partial charge in [0.2, 0.25) is 0 Å². The van der Waals surface area contributed by atoms with Gasteiger partial charge >= 0.3 is 0 Å². The maximum atomic E-state index is 11.3. The van der Waals surface area contributed by atoms with Gasteiger partial charge in [-0.1, -0.05) is 34.6 Å². The molecule has 1 N–H and O–H groups in total. The van der Waals surface area contributed by atoms with Crippen molar-refractivity contribution in [3.8, 4) is 6.07 Å². The molecule has 2 nitrogen and oxygen atoms in total. The Morgan fingerprint density at radius 2 is 1.43 bits per heavy atom. The molecule has 0 unspecified atom stereocenters. The van der Waals surface area contributed by atoms with Gasteiger partial charge in [-0.05, 0) is 68.1 Å². The summed E-state index contributed by atoms with van der Waals surface area (Å²) < 4.78 is 0. The Labute approximate surface area is 130 Å². The lowest BCUT2D eigenvalue weighted by Gasteiger charge is -2.52. The lowest BCUT2D eigenvalue weighted by molar-refractivity contribution is -0.121. The number of hydrogen-bond acceptors (Lipinski definition) is 2. The van der Waals surface area contributed by atoms with E-state index in [1.54, 1.807) is 0 Å². The molecule has 0 saturated heterocycles. The van der Waals surface area contributed by atoms with Crippen LogP contribution in [0.4, 0.5) is 0 Å². The molecule has 0 aliphatic heterocycles. The molecular formula is C19H33NO. The summed E-state index contributed by atoms with van der Waals surface area (Å²) in [4.78, 5) is 0. The van der Waals surface area contributed by atoms with Crippen molar-refractivity contribution in [1.82, 2.24) is 0 Å². The SMILES string of the molecule is CC1(C)CCC(C#N)(C2(O)CCC(C(C)(C)C)CC2)CC1. The molecule has 0 amide bonds. The Hall–Kier alpha value is -0.550.